The third-order valence-corrected chi connectivity index (χ3v) is 4.96. The number of aryl methyl sites for hydroxylation is 1. The van der Waals surface area contributed by atoms with Gasteiger partial charge in [0.1, 0.15) is 5.01 Å². The zero-order valence-corrected chi connectivity index (χ0v) is 13.5. The van der Waals surface area contributed by atoms with E-state index in [1.807, 2.05) is 17.5 Å². The molecule has 0 radical (unpaired) electrons. The smallest absolute Gasteiger partial charge is 0.107 e. The maximum atomic E-state index is 4.56. The fourth-order valence-electron chi connectivity index (χ4n) is 2.49. The minimum atomic E-state index is 0.319. The van der Waals surface area contributed by atoms with Gasteiger partial charge in [-0.15, -0.1) is 11.3 Å². The van der Waals surface area contributed by atoms with E-state index in [1.54, 1.807) is 0 Å². The van der Waals surface area contributed by atoms with Crippen LogP contribution in [-0.2, 0) is 13.0 Å². The van der Waals surface area contributed by atoms with Crippen molar-refractivity contribution >= 4 is 11.3 Å². The van der Waals surface area contributed by atoms with Crippen LogP contribution in [0.4, 0.5) is 0 Å². The second-order valence-electron chi connectivity index (χ2n) is 6.54. The van der Waals surface area contributed by atoms with Crippen LogP contribution in [0.3, 0.4) is 0 Å². The summed E-state index contributed by atoms with van der Waals surface area (Å²) in [6, 6.07) is 0.570. The first-order valence-corrected chi connectivity index (χ1v) is 8.20. The van der Waals surface area contributed by atoms with Gasteiger partial charge in [0, 0.05) is 23.7 Å². The second-order valence-corrected chi connectivity index (χ2v) is 7.74. The summed E-state index contributed by atoms with van der Waals surface area (Å²) in [4.78, 5) is 8.52. The van der Waals surface area contributed by atoms with E-state index in [0.29, 0.717) is 11.5 Å². The summed E-state index contributed by atoms with van der Waals surface area (Å²) in [6.45, 7) is 13.6. The number of hydrogen-bond acceptors (Lipinski definition) is 4. The predicted octanol–water partition coefficient (Wildman–Crippen LogP) is 2.92. The van der Waals surface area contributed by atoms with Crippen LogP contribution in [0.2, 0.25) is 0 Å². The highest BCUT2D eigenvalue weighted by molar-refractivity contribution is 7.11. The van der Waals surface area contributed by atoms with Crippen molar-refractivity contribution in [1.82, 2.24) is 15.2 Å². The van der Waals surface area contributed by atoms with Crippen molar-refractivity contribution in [2.24, 2.45) is 5.41 Å². The van der Waals surface area contributed by atoms with Gasteiger partial charge < -0.3 is 5.32 Å². The first-order valence-electron chi connectivity index (χ1n) is 7.38. The first kappa shape index (κ1) is 14.9. The number of thiazole rings is 1. The predicted molar refractivity (Wildman–Crippen MR) is 82.6 cm³/mol. The number of rotatable bonds is 3. The molecule has 1 saturated heterocycles. The third-order valence-electron chi connectivity index (χ3n) is 3.84. The van der Waals surface area contributed by atoms with Gasteiger partial charge >= 0.3 is 0 Å². The van der Waals surface area contributed by atoms with Gasteiger partial charge in [0.25, 0.3) is 0 Å². The van der Waals surface area contributed by atoms with E-state index >= 15 is 0 Å². The molecule has 0 aliphatic carbocycles. The van der Waals surface area contributed by atoms with E-state index in [2.05, 4.69) is 42.9 Å². The lowest BCUT2D eigenvalue weighted by Gasteiger charge is -2.33. The van der Waals surface area contributed by atoms with Crippen LogP contribution < -0.4 is 5.32 Å². The quantitative estimate of drug-likeness (QED) is 0.923. The van der Waals surface area contributed by atoms with Gasteiger partial charge in [0.2, 0.25) is 0 Å². The monoisotopic (exact) mass is 281 g/mol. The molecule has 0 aromatic carbocycles. The van der Waals surface area contributed by atoms with Gasteiger partial charge in [0.05, 0.1) is 6.54 Å². The van der Waals surface area contributed by atoms with Crippen molar-refractivity contribution in [3.05, 3.63) is 16.1 Å². The Morgan fingerprint density at radius 2 is 2.26 bits per heavy atom. The van der Waals surface area contributed by atoms with Crippen LogP contribution in [0.1, 0.15) is 44.0 Å². The molecule has 1 fully saturated rings. The Morgan fingerprint density at radius 3 is 2.89 bits per heavy atom. The molecule has 1 unspecified atom stereocenters. The van der Waals surface area contributed by atoms with E-state index in [9.17, 15) is 0 Å². The largest absolute Gasteiger partial charge is 0.312 e. The highest BCUT2D eigenvalue weighted by atomic mass is 32.1. The van der Waals surface area contributed by atoms with E-state index in [4.69, 9.17) is 0 Å². The summed E-state index contributed by atoms with van der Waals surface area (Å²) in [5.41, 5.74) is 0.319. The van der Waals surface area contributed by atoms with Gasteiger partial charge in [-0.2, -0.15) is 0 Å². The van der Waals surface area contributed by atoms with Crippen molar-refractivity contribution in [3.8, 4) is 0 Å². The van der Waals surface area contributed by atoms with Gasteiger partial charge in [0.15, 0.2) is 0 Å². The molecule has 1 aromatic rings. The molecular weight excluding hydrogens is 254 g/mol. The lowest BCUT2D eigenvalue weighted by atomic mass is 9.86. The molecule has 0 saturated carbocycles. The lowest BCUT2D eigenvalue weighted by molar-refractivity contribution is 0.192. The van der Waals surface area contributed by atoms with Crippen LogP contribution in [0.25, 0.3) is 0 Å². The lowest BCUT2D eigenvalue weighted by Crippen LogP contribution is -2.46. The molecule has 1 aliphatic rings. The number of aromatic nitrogens is 1. The Hall–Kier alpha value is -0.450. The van der Waals surface area contributed by atoms with Crippen molar-refractivity contribution in [2.75, 3.05) is 19.6 Å². The summed E-state index contributed by atoms with van der Waals surface area (Å²) in [7, 11) is 0. The summed E-state index contributed by atoms with van der Waals surface area (Å²) in [5, 5.41) is 4.96. The molecule has 108 valence electrons. The van der Waals surface area contributed by atoms with Crippen LogP contribution in [0.15, 0.2) is 6.20 Å². The number of nitrogens with zero attached hydrogens (tertiary/aromatic N) is 2. The molecule has 0 bridgehead atoms. The fourth-order valence-corrected chi connectivity index (χ4v) is 3.40. The molecule has 19 heavy (non-hydrogen) atoms. The summed E-state index contributed by atoms with van der Waals surface area (Å²) in [5.74, 6) is 0. The minimum Gasteiger partial charge on any atom is -0.312 e. The van der Waals surface area contributed by atoms with Crippen molar-refractivity contribution in [3.63, 3.8) is 0 Å². The molecule has 1 aromatic heterocycles. The first-order chi connectivity index (χ1) is 8.99. The third kappa shape index (κ3) is 4.26. The zero-order valence-electron chi connectivity index (χ0n) is 12.7. The number of nitrogens with one attached hydrogen (secondary N) is 1. The molecule has 3 nitrogen and oxygen atoms in total. The van der Waals surface area contributed by atoms with Gasteiger partial charge in [-0.3, -0.25) is 4.90 Å². The maximum Gasteiger partial charge on any atom is 0.107 e. The van der Waals surface area contributed by atoms with Crippen LogP contribution in [0.5, 0.6) is 0 Å². The second kappa shape index (κ2) is 6.33. The van der Waals surface area contributed by atoms with Crippen LogP contribution >= 0.6 is 11.3 Å². The van der Waals surface area contributed by atoms with Crippen LogP contribution in [0, 0.1) is 5.41 Å². The summed E-state index contributed by atoms with van der Waals surface area (Å²) in [6.07, 6.45) is 4.37. The Bertz CT molecular complexity index is 394. The molecular formula is C15H27N3S. The molecule has 2 heterocycles. The Labute approximate surface area is 121 Å². The summed E-state index contributed by atoms with van der Waals surface area (Å²) >= 11 is 1.87. The van der Waals surface area contributed by atoms with Gasteiger partial charge in [-0.05, 0) is 31.3 Å². The Balaban J connectivity index is 1.98. The van der Waals surface area contributed by atoms with E-state index in [-0.39, 0.29) is 0 Å². The minimum absolute atomic E-state index is 0.319. The van der Waals surface area contributed by atoms with Gasteiger partial charge in [-0.1, -0.05) is 27.7 Å². The highest BCUT2D eigenvalue weighted by Gasteiger charge is 2.28. The highest BCUT2D eigenvalue weighted by Crippen LogP contribution is 2.23. The van der Waals surface area contributed by atoms with E-state index < -0.39 is 0 Å². The van der Waals surface area contributed by atoms with Crippen molar-refractivity contribution < 1.29 is 0 Å². The Morgan fingerprint density at radius 1 is 1.47 bits per heavy atom. The zero-order chi connectivity index (χ0) is 13.9. The average Bonchev–Trinajstić information content (AvgIpc) is 2.64. The fraction of sp³-hybridized carbons (Fsp3) is 0.800. The van der Waals surface area contributed by atoms with E-state index in [1.165, 1.54) is 22.9 Å². The maximum absolute atomic E-state index is 4.56. The molecule has 0 amide bonds. The summed E-state index contributed by atoms with van der Waals surface area (Å²) < 4.78 is 0. The molecule has 1 atom stereocenters. The van der Waals surface area contributed by atoms with Gasteiger partial charge in [-0.25, -0.2) is 4.98 Å². The molecule has 2 rings (SSSR count). The molecule has 1 N–H and O–H groups in total. The van der Waals surface area contributed by atoms with Crippen molar-refractivity contribution in [1.29, 1.82) is 0 Å². The van der Waals surface area contributed by atoms with E-state index in [0.717, 1.165) is 26.1 Å². The van der Waals surface area contributed by atoms with Crippen LogP contribution in [-0.4, -0.2) is 35.6 Å². The SMILES string of the molecule is CCc1cnc(CN2CCCNC(C(C)(C)C)C2)s1. The molecule has 0 spiro atoms. The van der Waals surface area contributed by atoms with Crippen molar-refractivity contribution in [2.45, 2.75) is 53.1 Å². The average molecular weight is 281 g/mol. The Kier molecular flexibility index (Phi) is 4.98. The normalized spacial score (nSPS) is 22.4. The molecule has 4 heteroatoms. The molecule has 1 aliphatic heterocycles. The standard InChI is InChI=1S/C15H27N3S/c1-5-12-9-17-14(19-12)11-18-8-6-7-16-13(10-18)15(2,3)4/h9,13,16H,5-8,10-11H2,1-4H3. The number of hydrogen-bond donors (Lipinski definition) is 1. The topological polar surface area (TPSA) is 28.2 Å².